The van der Waals surface area contributed by atoms with Crippen LogP contribution in [-0.2, 0) is 6.54 Å². The van der Waals surface area contributed by atoms with Crippen molar-refractivity contribution in [3.05, 3.63) is 28.1 Å². The van der Waals surface area contributed by atoms with Gasteiger partial charge < -0.3 is 5.73 Å². The molecule has 2 aromatic heterocycles. The molecule has 0 bridgehead atoms. The molecule has 5 heteroatoms. The summed E-state index contributed by atoms with van der Waals surface area (Å²) in [5.74, 6) is 0.407. The smallest absolute Gasteiger partial charge is 0.155 e. The SMILES string of the molecule is CC(C)c1ccc2nc(CN)c(Br)n2n1. The number of imidazole rings is 1. The second kappa shape index (κ2) is 3.90. The van der Waals surface area contributed by atoms with Gasteiger partial charge in [0.1, 0.15) is 4.60 Å². The Balaban J connectivity index is 2.65. The number of aromatic nitrogens is 3. The molecule has 0 aromatic carbocycles. The zero-order valence-corrected chi connectivity index (χ0v) is 10.3. The van der Waals surface area contributed by atoms with Crippen LogP contribution in [0.2, 0.25) is 0 Å². The van der Waals surface area contributed by atoms with E-state index in [1.54, 1.807) is 4.52 Å². The molecule has 2 N–H and O–H groups in total. The first kappa shape index (κ1) is 10.6. The third kappa shape index (κ3) is 1.77. The molecule has 0 aliphatic heterocycles. The normalized spacial score (nSPS) is 11.5. The summed E-state index contributed by atoms with van der Waals surface area (Å²) in [5, 5.41) is 4.49. The summed E-state index contributed by atoms with van der Waals surface area (Å²) < 4.78 is 2.64. The third-order valence-electron chi connectivity index (χ3n) is 2.29. The monoisotopic (exact) mass is 268 g/mol. The van der Waals surface area contributed by atoms with Crippen LogP contribution in [0.5, 0.6) is 0 Å². The summed E-state index contributed by atoms with van der Waals surface area (Å²) in [7, 11) is 0. The number of hydrogen-bond donors (Lipinski definition) is 1. The Labute approximate surface area is 96.6 Å². The van der Waals surface area contributed by atoms with Crippen LogP contribution in [0.4, 0.5) is 0 Å². The fourth-order valence-electron chi connectivity index (χ4n) is 1.40. The predicted molar refractivity (Wildman–Crippen MR) is 62.7 cm³/mol. The van der Waals surface area contributed by atoms with Crippen LogP contribution in [0.3, 0.4) is 0 Å². The topological polar surface area (TPSA) is 56.2 Å². The molecule has 0 atom stereocenters. The van der Waals surface area contributed by atoms with Gasteiger partial charge in [0, 0.05) is 6.54 Å². The fourth-order valence-corrected chi connectivity index (χ4v) is 1.92. The molecular weight excluding hydrogens is 256 g/mol. The van der Waals surface area contributed by atoms with E-state index in [-0.39, 0.29) is 0 Å². The molecule has 0 saturated carbocycles. The van der Waals surface area contributed by atoms with Crippen molar-refractivity contribution in [3.8, 4) is 0 Å². The lowest BCUT2D eigenvalue weighted by Crippen LogP contribution is -2.00. The van der Waals surface area contributed by atoms with Gasteiger partial charge in [0.25, 0.3) is 0 Å². The summed E-state index contributed by atoms with van der Waals surface area (Å²) >= 11 is 3.45. The van der Waals surface area contributed by atoms with E-state index >= 15 is 0 Å². The molecule has 0 spiro atoms. The molecule has 0 amide bonds. The Morgan fingerprint density at radius 2 is 2.20 bits per heavy atom. The van der Waals surface area contributed by atoms with Crippen molar-refractivity contribution < 1.29 is 0 Å². The zero-order valence-electron chi connectivity index (χ0n) is 8.74. The highest BCUT2D eigenvalue weighted by Crippen LogP contribution is 2.19. The van der Waals surface area contributed by atoms with Crippen LogP contribution in [0.25, 0.3) is 5.65 Å². The van der Waals surface area contributed by atoms with E-state index in [9.17, 15) is 0 Å². The minimum Gasteiger partial charge on any atom is -0.325 e. The van der Waals surface area contributed by atoms with Gasteiger partial charge in [0.2, 0.25) is 0 Å². The van der Waals surface area contributed by atoms with E-state index in [2.05, 4.69) is 39.9 Å². The van der Waals surface area contributed by atoms with Crippen molar-refractivity contribution in [2.24, 2.45) is 5.73 Å². The first-order valence-electron chi connectivity index (χ1n) is 4.87. The average Bonchev–Trinajstić information content (AvgIpc) is 2.55. The van der Waals surface area contributed by atoms with Gasteiger partial charge in [0.05, 0.1) is 11.4 Å². The standard InChI is InChI=1S/C10H13BrN4/c1-6(2)7-3-4-9-13-8(5-12)10(11)15(9)14-7/h3-4,6H,5,12H2,1-2H3. The van der Waals surface area contributed by atoms with Crippen LogP contribution in [-0.4, -0.2) is 14.6 Å². The molecule has 0 aliphatic carbocycles. The maximum absolute atomic E-state index is 5.58. The number of halogens is 1. The summed E-state index contributed by atoms with van der Waals surface area (Å²) in [4.78, 5) is 4.36. The Morgan fingerprint density at radius 3 is 2.80 bits per heavy atom. The molecule has 4 nitrogen and oxygen atoms in total. The fraction of sp³-hybridized carbons (Fsp3) is 0.400. The van der Waals surface area contributed by atoms with Crippen LogP contribution < -0.4 is 5.73 Å². The second-order valence-electron chi connectivity index (χ2n) is 3.74. The molecule has 0 radical (unpaired) electrons. The van der Waals surface area contributed by atoms with Gasteiger partial charge >= 0.3 is 0 Å². The van der Waals surface area contributed by atoms with E-state index in [0.717, 1.165) is 21.6 Å². The third-order valence-corrected chi connectivity index (χ3v) is 3.09. The molecule has 0 aliphatic rings. The van der Waals surface area contributed by atoms with Crippen molar-refractivity contribution in [1.82, 2.24) is 14.6 Å². The van der Waals surface area contributed by atoms with E-state index in [1.165, 1.54) is 0 Å². The molecule has 2 heterocycles. The van der Waals surface area contributed by atoms with Gasteiger partial charge in [-0.1, -0.05) is 13.8 Å². The van der Waals surface area contributed by atoms with Crippen LogP contribution in [0, 0.1) is 0 Å². The lowest BCUT2D eigenvalue weighted by Gasteiger charge is -2.04. The van der Waals surface area contributed by atoms with Crippen molar-refractivity contribution in [2.75, 3.05) is 0 Å². The van der Waals surface area contributed by atoms with E-state index in [4.69, 9.17) is 5.73 Å². The first-order valence-corrected chi connectivity index (χ1v) is 5.67. The van der Waals surface area contributed by atoms with E-state index in [0.29, 0.717) is 12.5 Å². The van der Waals surface area contributed by atoms with Crippen molar-refractivity contribution >= 4 is 21.6 Å². The van der Waals surface area contributed by atoms with Crippen molar-refractivity contribution in [1.29, 1.82) is 0 Å². The quantitative estimate of drug-likeness (QED) is 0.908. The predicted octanol–water partition coefficient (Wildman–Crippen LogP) is 2.07. The van der Waals surface area contributed by atoms with Crippen molar-refractivity contribution in [2.45, 2.75) is 26.3 Å². The van der Waals surface area contributed by atoms with Gasteiger partial charge in [0.15, 0.2) is 5.65 Å². The molecule has 80 valence electrons. The Bertz CT molecular complexity index is 489. The van der Waals surface area contributed by atoms with Gasteiger partial charge in [-0.15, -0.1) is 0 Å². The molecular formula is C10H13BrN4. The molecule has 2 rings (SSSR count). The number of nitrogens with zero attached hydrogens (tertiary/aromatic N) is 3. The summed E-state index contributed by atoms with van der Waals surface area (Å²) in [6.45, 7) is 4.65. The minimum absolute atomic E-state index is 0.407. The molecule has 2 aromatic rings. The number of fused-ring (bicyclic) bond motifs is 1. The maximum atomic E-state index is 5.58. The summed E-state index contributed by atoms with van der Waals surface area (Å²) in [6.07, 6.45) is 0. The molecule has 15 heavy (non-hydrogen) atoms. The zero-order chi connectivity index (χ0) is 11.0. The van der Waals surface area contributed by atoms with Gasteiger partial charge in [-0.2, -0.15) is 5.10 Å². The van der Waals surface area contributed by atoms with Gasteiger partial charge in [-0.05, 0) is 34.0 Å². The lowest BCUT2D eigenvalue weighted by atomic mass is 10.1. The Hall–Kier alpha value is -0.940. The highest BCUT2D eigenvalue weighted by atomic mass is 79.9. The van der Waals surface area contributed by atoms with Crippen LogP contribution in [0.15, 0.2) is 16.7 Å². The number of nitrogens with two attached hydrogens (primary N) is 1. The van der Waals surface area contributed by atoms with Crippen LogP contribution in [0.1, 0.15) is 31.2 Å². The first-order chi connectivity index (χ1) is 7.13. The summed E-state index contributed by atoms with van der Waals surface area (Å²) in [6, 6.07) is 3.96. The second-order valence-corrected chi connectivity index (χ2v) is 4.49. The minimum atomic E-state index is 0.407. The van der Waals surface area contributed by atoms with Gasteiger partial charge in [-0.3, -0.25) is 0 Å². The van der Waals surface area contributed by atoms with Gasteiger partial charge in [-0.25, -0.2) is 9.50 Å². The molecule has 0 saturated heterocycles. The lowest BCUT2D eigenvalue weighted by molar-refractivity contribution is 0.757. The highest BCUT2D eigenvalue weighted by molar-refractivity contribution is 9.10. The van der Waals surface area contributed by atoms with E-state index < -0.39 is 0 Å². The van der Waals surface area contributed by atoms with Crippen LogP contribution >= 0.6 is 15.9 Å². The van der Waals surface area contributed by atoms with Crippen molar-refractivity contribution in [3.63, 3.8) is 0 Å². The number of hydrogen-bond acceptors (Lipinski definition) is 3. The maximum Gasteiger partial charge on any atom is 0.155 e. The largest absolute Gasteiger partial charge is 0.325 e. The molecule has 0 unspecified atom stereocenters. The summed E-state index contributed by atoms with van der Waals surface area (Å²) in [5.41, 5.74) is 8.29. The highest BCUT2D eigenvalue weighted by Gasteiger charge is 2.10. The Kier molecular flexibility index (Phi) is 2.75. The average molecular weight is 269 g/mol. The Morgan fingerprint density at radius 1 is 1.47 bits per heavy atom. The van der Waals surface area contributed by atoms with E-state index in [1.807, 2.05) is 12.1 Å². The molecule has 0 fully saturated rings. The number of rotatable bonds is 2.